The van der Waals surface area contributed by atoms with E-state index in [0.717, 1.165) is 12.8 Å². The number of piperidine rings is 1. The van der Waals surface area contributed by atoms with Gasteiger partial charge in [0.15, 0.2) is 9.84 Å². The third-order valence-corrected chi connectivity index (χ3v) is 7.05. The zero-order chi connectivity index (χ0) is 20.8. The number of carbonyl (C=O) groups is 2. The predicted octanol–water partition coefficient (Wildman–Crippen LogP) is 2.15. The number of rotatable bonds is 2. The zero-order valence-corrected chi connectivity index (χ0v) is 17.5. The maximum absolute atomic E-state index is 12.7. The van der Waals surface area contributed by atoms with Crippen LogP contribution in [0.1, 0.15) is 31.0 Å². The summed E-state index contributed by atoms with van der Waals surface area (Å²) < 4.78 is 25.5. The fourth-order valence-electron chi connectivity index (χ4n) is 3.66. The SMILES string of the molecule is CC1CCN(C(=O)C(=O)Nc2c3c(nn2-c2ccc(Cl)cc2)CS(=O)(=O)C3)CC1. The van der Waals surface area contributed by atoms with E-state index >= 15 is 0 Å². The summed E-state index contributed by atoms with van der Waals surface area (Å²) in [5, 5.41) is 7.54. The highest BCUT2D eigenvalue weighted by atomic mass is 35.5. The van der Waals surface area contributed by atoms with Gasteiger partial charge >= 0.3 is 11.8 Å². The molecule has 154 valence electrons. The topological polar surface area (TPSA) is 101 Å². The van der Waals surface area contributed by atoms with Crippen molar-refractivity contribution in [3.05, 3.63) is 40.5 Å². The second-order valence-corrected chi connectivity index (χ2v) is 10.1. The Morgan fingerprint density at radius 3 is 2.45 bits per heavy atom. The summed E-state index contributed by atoms with van der Waals surface area (Å²) in [6, 6.07) is 6.77. The number of anilines is 1. The zero-order valence-electron chi connectivity index (χ0n) is 15.9. The molecule has 1 aromatic heterocycles. The average molecular weight is 437 g/mol. The van der Waals surface area contributed by atoms with Gasteiger partial charge in [-0.1, -0.05) is 18.5 Å². The van der Waals surface area contributed by atoms with Crippen molar-refractivity contribution in [1.82, 2.24) is 14.7 Å². The first-order chi connectivity index (χ1) is 13.7. The molecule has 0 atom stereocenters. The van der Waals surface area contributed by atoms with Crippen LogP contribution in [0.3, 0.4) is 0 Å². The minimum atomic E-state index is -3.32. The van der Waals surface area contributed by atoms with Crippen LogP contribution in [0, 0.1) is 5.92 Å². The molecule has 1 fully saturated rings. The van der Waals surface area contributed by atoms with E-state index in [1.807, 2.05) is 0 Å². The van der Waals surface area contributed by atoms with Crippen LogP contribution < -0.4 is 5.32 Å². The van der Waals surface area contributed by atoms with Crippen LogP contribution in [0.4, 0.5) is 5.82 Å². The lowest BCUT2D eigenvalue weighted by molar-refractivity contribution is -0.144. The second kappa shape index (κ2) is 7.46. The van der Waals surface area contributed by atoms with E-state index in [9.17, 15) is 18.0 Å². The van der Waals surface area contributed by atoms with Gasteiger partial charge in [-0.25, -0.2) is 13.1 Å². The van der Waals surface area contributed by atoms with Crippen molar-refractivity contribution in [3.8, 4) is 5.69 Å². The maximum atomic E-state index is 12.7. The van der Waals surface area contributed by atoms with Crippen LogP contribution in [0.5, 0.6) is 0 Å². The van der Waals surface area contributed by atoms with Gasteiger partial charge in [-0.05, 0) is 43.0 Å². The number of nitrogens with one attached hydrogen (secondary N) is 1. The molecule has 3 heterocycles. The molecule has 2 aromatic rings. The van der Waals surface area contributed by atoms with Crippen molar-refractivity contribution in [2.45, 2.75) is 31.3 Å². The predicted molar refractivity (Wildman–Crippen MR) is 109 cm³/mol. The summed E-state index contributed by atoms with van der Waals surface area (Å²) >= 11 is 5.94. The summed E-state index contributed by atoms with van der Waals surface area (Å²) in [4.78, 5) is 26.8. The van der Waals surface area contributed by atoms with E-state index in [-0.39, 0.29) is 17.3 Å². The van der Waals surface area contributed by atoms with Gasteiger partial charge < -0.3 is 10.2 Å². The summed E-state index contributed by atoms with van der Waals surface area (Å²) in [5.74, 6) is -1.07. The normalized spacial score (nSPS) is 18.5. The molecule has 1 saturated heterocycles. The number of aromatic nitrogens is 2. The Hall–Kier alpha value is -2.39. The first-order valence-electron chi connectivity index (χ1n) is 9.41. The molecule has 4 rings (SSSR count). The second-order valence-electron chi connectivity index (χ2n) is 7.62. The molecule has 0 saturated carbocycles. The van der Waals surface area contributed by atoms with Crippen LogP contribution in [-0.4, -0.2) is 48.0 Å². The molecule has 1 N–H and O–H groups in total. The molecule has 2 amide bonds. The quantitative estimate of drug-likeness (QED) is 0.727. The Labute approximate surface area is 173 Å². The largest absolute Gasteiger partial charge is 0.334 e. The van der Waals surface area contributed by atoms with Gasteiger partial charge in [0.05, 0.1) is 22.9 Å². The van der Waals surface area contributed by atoms with E-state index in [4.69, 9.17) is 11.6 Å². The number of amides is 2. The van der Waals surface area contributed by atoms with Crippen molar-refractivity contribution in [2.75, 3.05) is 18.4 Å². The van der Waals surface area contributed by atoms with E-state index in [1.54, 1.807) is 24.3 Å². The molecule has 0 unspecified atom stereocenters. The van der Waals surface area contributed by atoms with E-state index in [0.29, 0.717) is 41.0 Å². The van der Waals surface area contributed by atoms with Crippen LogP contribution in [0.25, 0.3) is 5.69 Å². The minimum absolute atomic E-state index is 0.191. The monoisotopic (exact) mass is 436 g/mol. The van der Waals surface area contributed by atoms with E-state index in [2.05, 4.69) is 17.3 Å². The van der Waals surface area contributed by atoms with E-state index < -0.39 is 21.7 Å². The van der Waals surface area contributed by atoms with Gasteiger partial charge in [0.25, 0.3) is 0 Å². The third kappa shape index (κ3) is 4.02. The van der Waals surface area contributed by atoms with Gasteiger partial charge in [0.1, 0.15) is 5.82 Å². The first kappa shape index (κ1) is 19.9. The summed E-state index contributed by atoms with van der Waals surface area (Å²) in [6.07, 6.45) is 1.71. The third-order valence-electron chi connectivity index (χ3n) is 5.36. The number of hydrogen-bond donors (Lipinski definition) is 1. The Kier molecular flexibility index (Phi) is 5.12. The standard InChI is InChI=1S/C19H21ClN4O4S/c1-12-6-8-23(9-7-12)19(26)18(25)21-17-15-10-29(27,28)11-16(15)22-24(17)14-4-2-13(20)3-5-14/h2-5,12H,6-11H2,1H3,(H,21,25). The maximum Gasteiger partial charge on any atom is 0.315 e. The lowest BCUT2D eigenvalue weighted by Gasteiger charge is -2.29. The number of halogens is 1. The van der Waals surface area contributed by atoms with Crippen LogP contribution in [0.2, 0.25) is 5.02 Å². The van der Waals surface area contributed by atoms with E-state index in [1.165, 1.54) is 9.58 Å². The first-order valence-corrected chi connectivity index (χ1v) is 11.6. The van der Waals surface area contributed by atoms with Crippen LogP contribution in [0.15, 0.2) is 24.3 Å². The fourth-order valence-corrected chi connectivity index (χ4v) is 5.28. The van der Waals surface area contributed by atoms with Crippen LogP contribution >= 0.6 is 11.6 Å². The molecular formula is C19H21ClN4O4S. The highest BCUT2D eigenvalue weighted by molar-refractivity contribution is 7.90. The number of fused-ring (bicyclic) bond motifs is 1. The minimum Gasteiger partial charge on any atom is -0.334 e. The fraction of sp³-hybridized carbons (Fsp3) is 0.421. The summed E-state index contributed by atoms with van der Waals surface area (Å²) in [7, 11) is -3.32. The number of carbonyl (C=O) groups excluding carboxylic acids is 2. The van der Waals surface area contributed by atoms with Gasteiger partial charge in [-0.3, -0.25) is 9.59 Å². The number of likely N-dealkylation sites (tertiary alicyclic amines) is 1. The number of sulfone groups is 1. The molecule has 0 spiro atoms. The number of nitrogens with zero attached hydrogens (tertiary/aromatic N) is 3. The Bertz CT molecular complexity index is 1070. The smallest absolute Gasteiger partial charge is 0.315 e. The van der Waals surface area contributed by atoms with Crippen molar-refractivity contribution in [1.29, 1.82) is 0 Å². The Balaban J connectivity index is 1.64. The summed E-state index contributed by atoms with van der Waals surface area (Å²) in [5.41, 5.74) is 1.42. The van der Waals surface area contributed by atoms with Gasteiger partial charge in [0.2, 0.25) is 0 Å². The Morgan fingerprint density at radius 1 is 1.14 bits per heavy atom. The van der Waals surface area contributed by atoms with Gasteiger partial charge in [-0.15, -0.1) is 0 Å². The number of hydrogen-bond acceptors (Lipinski definition) is 5. The molecule has 0 aliphatic carbocycles. The van der Waals surface area contributed by atoms with Crippen molar-refractivity contribution in [3.63, 3.8) is 0 Å². The van der Waals surface area contributed by atoms with Crippen LogP contribution in [-0.2, 0) is 30.9 Å². The molecule has 29 heavy (non-hydrogen) atoms. The lowest BCUT2D eigenvalue weighted by atomic mass is 9.99. The molecule has 2 aliphatic rings. The highest BCUT2D eigenvalue weighted by Crippen LogP contribution is 2.33. The molecule has 1 aromatic carbocycles. The Morgan fingerprint density at radius 2 is 1.79 bits per heavy atom. The number of benzene rings is 1. The highest BCUT2D eigenvalue weighted by Gasteiger charge is 2.34. The molecule has 10 heteroatoms. The molecule has 0 bridgehead atoms. The summed E-state index contributed by atoms with van der Waals surface area (Å²) in [6.45, 7) is 3.20. The average Bonchev–Trinajstić information content (AvgIpc) is 3.15. The van der Waals surface area contributed by atoms with Gasteiger partial charge in [-0.2, -0.15) is 5.10 Å². The van der Waals surface area contributed by atoms with Crippen molar-refractivity contribution < 1.29 is 18.0 Å². The molecule has 2 aliphatic heterocycles. The van der Waals surface area contributed by atoms with Gasteiger partial charge in [0, 0.05) is 23.7 Å². The molecule has 0 radical (unpaired) electrons. The van der Waals surface area contributed by atoms with Crippen molar-refractivity contribution >= 4 is 39.1 Å². The molecule has 8 nitrogen and oxygen atoms in total. The lowest BCUT2D eigenvalue weighted by Crippen LogP contribution is -2.44. The van der Waals surface area contributed by atoms with Crippen molar-refractivity contribution in [2.24, 2.45) is 5.92 Å². The molecular weight excluding hydrogens is 416 g/mol.